The van der Waals surface area contributed by atoms with Crippen molar-refractivity contribution in [1.82, 2.24) is 0 Å². The molecule has 2 rings (SSSR count). The molecule has 2 aromatic rings. The predicted molar refractivity (Wildman–Crippen MR) is 82.1 cm³/mol. The minimum atomic E-state index is -0.541. The number of nitro groups is 1. The van der Waals surface area contributed by atoms with Crippen molar-refractivity contribution in [3.8, 4) is 17.6 Å². The summed E-state index contributed by atoms with van der Waals surface area (Å²) in [5.74, 6) is 4.55. The van der Waals surface area contributed by atoms with Crippen LogP contribution in [0.25, 0.3) is 0 Å². The molecule has 2 aromatic carbocycles. The molecule has 0 saturated heterocycles. The Bertz CT molecular complexity index is 828. The van der Waals surface area contributed by atoms with Crippen LogP contribution in [0.15, 0.2) is 48.5 Å². The Balaban J connectivity index is 2.16. The number of nitrogens with zero attached hydrogens (tertiary/aromatic N) is 1. The largest absolute Gasteiger partial charge is 0.427 e. The van der Waals surface area contributed by atoms with Gasteiger partial charge in [-0.15, -0.1) is 0 Å². The number of hydrogen-bond donors (Lipinski definition) is 0. The van der Waals surface area contributed by atoms with E-state index in [9.17, 15) is 19.7 Å². The molecule has 6 heteroatoms. The lowest BCUT2D eigenvalue weighted by Gasteiger charge is -2.00. The molecule has 0 N–H and O–H groups in total. The van der Waals surface area contributed by atoms with Gasteiger partial charge in [0.15, 0.2) is 0 Å². The first kappa shape index (κ1) is 15.9. The lowest BCUT2D eigenvalue weighted by Crippen LogP contribution is -2.01. The first-order valence-electron chi connectivity index (χ1n) is 6.55. The molecule has 6 nitrogen and oxygen atoms in total. The number of non-ortho nitro benzene ring substituents is 1. The molecule has 0 amide bonds. The van der Waals surface area contributed by atoms with Gasteiger partial charge in [0, 0.05) is 30.2 Å². The second-order valence-electron chi connectivity index (χ2n) is 4.50. The molecule has 0 unspecified atom stereocenters. The molecule has 0 aliphatic heterocycles. The number of carbonyl (C=O) groups is 2. The summed E-state index contributed by atoms with van der Waals surface area (Å²) in [7, 11) is 0. The van der Waals surface area contributed by atoms with Crippen LogP contribution in [0.2, 0.25) is 0 Å². The highest BCUT2D eigenvalue weighted by molar-refractivity contribution is 6.09. The number of esters is 1. The third-order valence-electron chi connectivity index (χ3n) is 2.76. The highest BCUT2D eigenvalue weighted by Gasteiger charge is 2.07. The number of ether oxygens (including phenoxy) is 1. The number of ketones is 1. The molecule has 0 bridgehead atoms. The number of nitro benzene ring substituents is 1. The Hall–Kier alpha value is -3.46. The average molecular weight is 309 g/mol. The molecule has 0 heterocycles. The Morgan fingerprint density at radius 3 is 2.43 bits per heavy atom. The van der Waals surface area contributed by atoms with Gasteiger partial charge < -0.3 is 4.74 Å². The zero-order valence-electron chi connectivity index (χ0n) is 12.1. The summed E-state index contributed by atoms with van der Waals surface area (Å²) in [6, 6.07) is 11.7. The van der Waals surface area contributed by atoms with Crippen LogP contribution in [0.3, 0.4) is 0 Å². The number of Topliss-reactive ketones (excluding diaryl/α,β-unsaturated/α-hetero) is 1. The van der Waals surface area contributed by atoms with E-state index in [2.05, 4.69) is 11.8 Å². The van der Waals surface area contributed by atoms with E-state index in [4.69, 9.17) is 4.74 Å². The van der Waals surface area contributed by atoms with Gasteiger partial charge in [-0.3, -0.25) is 19.7 Å². The topological polar surface area (TPSA) is 86.5 Å². The fourth-order valence-corrected chi connectivity index (χ4v) is 1.74. The molecule has 0 fully saturated rings. The molecule has 0 aliphatic rings. The zero-order chi connectivity index (χ0) is 16.8. The molecular formula is C17H11NO5. The van der Waals surface area contributed by atoms with Crippen molar-refractivity contribution in [3.63, 3.8) is 0 Å². The van der Waals surface area contributed by atoms with Crippen molar-refractivity contribution < 1.29 is 19.2 Å². The van der Waals surface area contributed by atoms with Gasteiger partial charge in [0.05, 0.1) is 4.92 Å². The lowest BCUT2D eigenvalue weighted by molar-refractivity contribution is -0.384. The molecule has 0 aromatic heterocycles. The third-order valence-corrected chi connectivity index (χ3v) is 2.76. The van der Waals surface area contributed by atoms with Crippen molar-refractivity contribution in [3.05, 3.63) is 69.8 Å². The summed E-state index contributed by atoms with van der Waals surface area (Å²) in [4.78, 5) is 32.8. The first-order chi connectivity index (χ1) is 11.0. The van der Waals surface area contributed by atoms with Crippen LogP contribution in [-0.4, -0.2) is 16.7 Å². The molecule has 114 valence electrons. The van der Waals surface area contributed by atoms with E-state index >= 15 is 0 Å². The Labute approximate surface area is 131 Å². The number of hydrogen-bond acceptors (Lipinski definition) is 5. The zero-order valence-corrected chi connectivity index (χ0v) is 12.1. The average Bonchev–Trinajstić information content (AvgIpc) is 2.52. The van der Waals surface area contributed by atoms with Crippen LogP contribution >= 0.6 is 0 Å². The Morgan fingerprint density at radius 2 is 1.83 bits per heavy atom. The SMILES string of the molecule is CC(=O)Oc1cccc(C#CC(=O)c2ccc([N+](=O)[O-])cc2)c1. The van der Waals surface area contributed by atoms with Crippen molar-refractivity contribution in [2.24, 2.45) is 0 Å². The van der Waals surface area contributed by atoms with Gasteiger partial charge >= 0.3 is 5.97 Å². The maximum absolute atomic E-state index is 11.9. The highest BCUT2D eigenvalue weighted by Crippen LogP contribution is 2.14. The van der Waals surface area contributed by atoms with E-state index in [0.717, 1.165) is 0 Å². The van der Waals surface area contributed by atoms with E-state index in [-0.39, 0.29) is 11.3 Å². The van der Waals surface area contributed by atoms with Gasteiger partial charge in [-0.1, -0.05) is 12.0 Å². The van der Waals surface area contributed by atoms with Crippen molar-refractivity contribution in [2.75, 3.05) is 0 Å². The quantitative estimate of drug-likeness (QED) is 0.217. The summed E-state index contributed by atoms with van der Waals surface area (Å²) in [5.41, 5.74) is 0.682. The Kier molecular flexibility index (Phi) is 4.85. The maximum Gasteiger partial charge on any atom is 0.308 e. The van der Waals surface area contributed by atoms with Crippen LogP contribution in [-0.2, 0) is 4.79 Å². The number of carbonyl (C=O) groups excluding carboxylic acids is 2. The van der Waals surface area contributed by atoms with Crippen molar-refractivity contribution in [1.29, 1.82) is 0 Å². The molecule has 0 saturated carbocycles. The van der Waals surface area contributed by atoms with E-state index < -0.39 is 16.7 Å². The summed E-state index contributed by atoms with van der Waals surface area (Å²) >= 11 is 0. The maximum atomic E-state index is 11.9. The monoisotopic (exact) mass is 309 g/mol. The molecule has 0 aliphatic carbocycles. The Morgan fingerprint density at radius 1 is 1.13 bits per heavy atom. The summed E-state index contributed by atoms with van der Waals surface area (Å²) in [5, 5.41) is 10.6. The van der Waals surface area contributed by atoms with E-state index in [1.54, 1.807) is 18.2 Å². The van der Waals surface area contributed by atoms with Gasteiger partial charge in [0.1, 0.15) is 5.75 Å². The molecule has 23 heavy (non-hydrogen) atoms. The van der Waals surface area contributed by atoms with Crippen LogP contribution in [0.1, 0.15) is 22.8 Å². The minimum absolute atomic E-state index is 0.0939. The van der Waals surface area contributed by atoms with E-state index in [0.29, 0.717) is 11.3 Å². The fraction of sp³-hybridized carbons (Fsp3) is 0.0588. The van der Waals surface area contributed by atoms with Gasteiger partial charge in [-0.25, -0.2) is 0 Å². The minimum Gasteiger partial charge on any atom is -0.427 e. The van der Waals surface area contributed by atoms with Crippen LogP contribution < -0.4 is 4.74 Å². The van der Waals surface area contributed by atoms with Crippen molar-refractivity contribution >= 4 is 17.4 Å². The molecule has 0 atom stereocenters. The van der Waals surface area contributed by atoms with Crippen LogP contribution in [0.4, 0.5) is 5.69 Å². The lowest BCUT2D eigenvalue weighted by atomic mass is 10.1. The second-order valence-corrected chi connectivity index (χ2v) is 4.50. The van der Waals surface area contributed by atoms with E-state index in [1.807, 2.05) is 0 Å². The predicted octanol–water partition coefficient (Wildman–Crippen LogP) is 2.75. The van der Waals surface area contributed by atoms with Crippen molar-refractivity contribution in [2.45, 2.75) is 6.92 Å². The fourth-order valence-electron chi connectivity index (χ4n) is 1.74. The molecule has 0 radical (unpaired) electrons. The molecular weight excluding hydrogens is 298 g/mol. The third kappa shape index (κ3) is 4.51. The smallest absolute Gasteiger partial charge is 0.308 e. The highest BCUT2D eigenvalue weighted by atomic mass is 16.6. The van der Waals surface area contributed by atoms with Gasteiger partial charge in [-0.05, 0) is 36.3 Å². The van der Waals surface area contributed by atoms with Gasteiger partial charge in [0.25, 0.3) is 5.69 Å². The first-order valence-corrected chi connectivity index (χ1v) is 6.55. The van der Waals surface area contributed by atoms with Gasteiger partial charge in [0.2, 0.25) is 5.78 Å². The molecule has 0 spiro atoms. The van der Waals surface area contributed by atoms with Crippen LogP contribution in [0.5, 0.6) is 5.75 Å². The van der Waals surface area contributed by atoms with Crippen LogP contribution in [0, 0.1) is 22.0 Å². The summed E-state index contributed by atoms with van der Waals surface area (Å²) in [6.07, 6.45) is 0. The second kappa shape index (κ2) is 7.00. The van der Waals surface area contributed by atoms with Gasteiger partial charge in [-0.2, -0.15) is 0 Å². The normalized spacial score (nSPS) is 9.43. The standard InChI is InChI=1S/C17H11NO5/c1-12(19)23-16-4-2-3-13(11-16)5-10-17(20)14-6-8-15(9-7-14)18(21)22/h2-4,6-9,11H,1H3. The van der Waals surface area contributed by atoms with E-state index in [1.165, 1.54) is 37.3 Å². The summed E-state index contributed by atoms with van der Waals surface area (Å²) in [6.45, 7) is 1.29. The number of benzene rings is 2. The number of rotatable bonds is 3. The summed E-state index contributed by atoms with van der Waals surface area (Å²) < 4.78 is 4.93.